The predicted octanol–water partition coefficient (Wildman–Crippen LogP) is 2.28. The molecule has 0 spiro atoms. The molecule has 20 heavy (non-hydrogen) atoms. The highest BCUT2D eigenvalue weighted by atomic mass is 32.2. The molecule has 3 rings (SSSR count). The monoisotopic (exact) mass is 294 g/mol. The van der Waals surface area contributed by atoms with Crippen LogP contribution in [0.3, 0.4) is 0 Å². The number of aryl methyl sites for hydroxylation is 1. The third kappa shape index (κ3) is 3.17. The van der Waals surface area contributed by atoms with Gasteiger partial charge < -0.3 is 4.98 Å². The Bertz CT molecular complexity index is 622. The summed E-state index contributed by atoms with van der Waals surface area (Å²) in [5.74, 6) is 0.459. The molecule has 0 radical (unpaired) electrons. The maximum Gasteiger partial charge on any atom is 0.282 e. The lowest BCUT2D eigenvalue weighted by Crippen LogP contribution is -2.32. The number of benzene rings is 1. The van der Waals surface area contributed by atoms with E-state index in [1.165, 1.54) is 6.42 Å². The van der Waals surface area contributed by atoms with Crippen molar-refractivity contribution in [2.24, 2.45) is 0 Å². The molecule has 1 unspecified atom stereocenters. The molecular weight excluding hydrogens is 276 g/mol. The normalized spacial score (nSPS) is 18.2. The second kappa shape index (κ2) is 5.90. The average molecular weight is 294 g/mol. The molecule has 1 aliphatic rings. The molecule has 0 saturated carbocycles. The summed E-state index contributed by atoms with van der Waals surface area (Å²) in [6.45, 7) is 3.67. The first-order chi connectivity index (χ1) is 9.70. The lowest BCUT2D eigenvalue weighted by molar-refractivity contribution is -0.0586. The molecule has 2 aromatic rings. The second-order valence-corrected chi connectivity index (χ2v) is 5.83. The van der Waals surface area contributed by atoms with Crippen LogP contribution in [-0.2, 0) is 15.6 Å². The lowest BCUT2D eigenvalue weighted by Gasteiger charge is -2.23. The highest BCUT2D eigenvalue weighted by Gasteiger charge is 2.15. The molecule has 1 aliphatic heterocycles. The summed E-state index contributed by atoms with van der Waals surface area (Å²) in [5, 5.41) is 1.75. The van der Waals surface area contributed by atoms with Gasteiger partial charge in [0, 0.05) is 13.1 Å². The van der Waals surface area contributed by atoms with E-state index in [-0.39, 0.29) is 0 Å². The van der Waals surface area contributed by atoms with Crippen molar-refractivity contribution in [3.8, 4) is 0 Å². The summed E-state index contributed by atoms with van der Waals surface area (Å²) in [7, 11) is 0. The van der Waals surface area contributed by atoms with E-state index in [0.29, 0.717) is 5.95 Å². The van der Waals surface area contributed by atoms with Crippen LogP contribution in [0.15, 0.2) is 18.2 Å². The molecule has 6 nitrogen and oxygen atoms in total. The van der Waals surface area contributed by atoms with E-state index < -0.39 is 11.3 Å². The summed E-state index contributed by atoms with van der Waals surface area (Å²) in [6, 6.07) is 5.93. The first kappa shape index (κ1) is 13.5. The van der Waals surface area contributed by atoms with Crippen LogP contribution in [0.25, 0.3) is 11.0 Å². The maximum absolute atomic E-state index is 11.9. The van der Waals surface area contributed by atoms with Crippen molar-refractivity contribution < 1.29 is 8.49 Å². The molecule has 1 aromatic heterocycles. The van der Waals surface area contributed by atoms with Crippen LogP contribution in [0.2, 0.25) is 0 Å². The number of nitrogens with one attached hydrogen (secondary N) is 2. The van der Waals surface area contributed by atoms with E-state index >= 15 is 0 Å². The Morgan fingerprint density at radius 2 is 2.15 bits per heavy atom. The number of aromatic nitrogens is 2. The minimum Gasteiger partial charge on any atom is -0.323 e. The standard InChI is InChI=1S/C13H18N4O2S/c1-10-5-6-11-12(9-10)15-13(14-11)16-20(18)19-17-7-3-2-4-8-17/h5-6,9H,2-4,7-8H2,1H3,(H2,14,15,16). The van der Waals surface area contributed by atoms with E-state index in [4.69, 9.17) is 4.28 Å². The van der Waals surface area contributed by atoms with Gasteiger partial charge in [0.05, 0.1) is 11.0 Å². The van der Waals surface area contributed by atoms with E-state index in [9.17, 15) is 4.21 Å². The van der Waals surface area contributed by atoms with Gasteiger partial charge in [-0.2, -0.15) is 9.35 Å². The number of rotatable bonds is 4. The first-order valence-electron chi connectivity index (χ1n) is 6.79. The first-order valence-corrected chi connectivity index (χ1v) is 7.86. The van der Waals surface area contributed by atoms with Crippen molar-refractivity contribution in [2.45, 2.75) is 26.2 Å². The van der Waals surface area contributed by atoms with Gasteiger partial charge in [-0.05, 0) is 37.5 Å². The molecule has 2 heterocycles. The van der Waals surface area contributed by atoms with Gasteiger partial charge in [0.2, 0.25) is 5.95 Å². The molecule has 1 saturated heterocycles. The summed E-state index contributed by atoms with van der Waals surface area (Å²) < 4.78 is 20.0. The number of hydrogen-bond donors (Lipinski definition) is 2. The topological polar surface area (TPSA) is 70.2 Å². The third-order valence-electron chi connectivity index (χ3n) is 3.31. The Kier molecular flexibility index (Phi) is 4.00. The van der Waals surface area contributed by atoms with Crippen LogP contribution in [0, 0.1) is 6.92 Å². The van der Waals surface area contributed by atoms with E-state index in [2.05, 4.69) is 14.7 Å². The number of H-pyrrole nitrogens is 1. The Balaban J connectivity index is 1.64. The van der Waals surface area contributed by atoms with Gasteiger partial charge >= 0.3 is 0 Å². The van der Waals surface area contributed by atoms with Crippen molar-refractivity contribution in [3.63, 3.8) is 0 Å². The zero-order valence-corrected chi connectivity index (χ0v) is 12.2. The Labute approximate surface area is 120 Å². The molecule has 0 bridgehead atoms. The highest BCUT2D eigenvalue weighted by Crippen LogP contribution is 2.16. The lowest BCUT2D eigenvalue weighted by atomic mass is 10.2. The van der Waals surface area contributed by atoms with Crippen LogP contribution in [0.1, 0.15) is 24.8 Å². The number of hydrogen-bond acceptors (Lipinski definition) is 4. The van der Waals surface area contributed by atoms with Crippen LogP contribution >= 0.6 is 0 Å². The van der Waals surface area contributed by atoms with Crippen molar-refractivity contribution in [2.75, 3.05) is 17.8 Å². The maximum atomic E-state index is 11.9. The quantitative estimate of drug-likeness (QED) is 0.907. The minimum absolute atomic E-state index is 0.459. The van der Waals surface area contributed by atoms with E-state index in [1.807, 2.05) is 25.1 Å². The van der Waals surface area contributed by atoms with Crippen LogP contribution in [0.4, 0.5) is 5.95 Å². The highest BCUT2D eigenvalue weighted by molar-refractivity contribution is 7.81. The zero-order chi connectivity index (χ0) is 13.9. The van der Waals surface area contributed by atoms with E-state index in [0.717, 1.165) is 42.5 Å². The Hall–Kier alpha value is -1.44. The second-order valence-electron chi connectivity index (χ2n) is 5.01. The van der Waals surface area contributed by atoms with Gasteiger partial charge in [0.1, 0.15) is 0 Å². The van der Waals surface area contributed by atoms with Crippen molar-refractivity contribution in [1.29, 1.82) is 0 Å². The molecule has 108 valence electrons. The Morgan fingerprint density at radius 3 is 2.95 bits per heavy atom. The third-order valence-corrected chi connectivity index (χ3v) is 4.01. The van der Waals surface area contributed by atoms with Gasteiger partial charge in [-0.25, -0.2) is 9.19 Å². The van der Waals surface area contributed by atoms with Gasteiger partial charge in [0.15, 0.2) is 0 Å². The van der Waals surface area contributed by atoms with Gasteiger partial charge in [-0.3, -0.25) is 4.72 Å². The molecule has 0 aliphatic carbocycles. The molecule has 1 atom stereocenters. The number of aromatic amines is 1. The molecule has 1 aromatic carbocycles. The summed E-state index contributed by atoms with van der Waals surface area (Å²) in [4.78, 5) is 7.42. The Morgan fingerprint density at radius 1 is 1.35 bits per heavy atom. The summed E-state index contributed by atoms with van der Waals surface area (Å²) >= 11 is -1.62. The number of fused-ring (bicyclic) bond motifs is 1. The molecule has 2 N–H and O–H groups in total. The van der Waals surface area contributed by atoms with Crippen molar-refractivity contribution >= 4 is 28.2 Å². The predicted molar refractivity (Wildman–Crippen MR) is 79.1 cm³/mol. The molecular formula is C13H18N4O2S. The van der Waals surface area contributed by atoms with E-state index in [1.54, 1.807) is 5.06 Å². The zero-order valence-electron chi connectivity index (χ0n) is 11.4. The van der Waals surface area contributed by atoms with Crippen LogP contribution in [-0.4, -0.2) is 32.3 Å². The smallest absolute Gasteiger partial charge is 0.282 e. The van der Waals surface area contributed by atoms with Crippen LogP contribution < -0.4 is 4.72 Å². The summed E-state index contributed by atoms with van der Waals surface area (Å²) in [5.41, 5.74) is 2.91. The fraction of sp³-hybridized carbons (Fsp3) is 0.462. The minimum atomic E-state index is -1.62. The van der Waals surface area contributed by atoms with Crippen LogP contribution in [0.5, 0.6) is 0 Å². The number of imidazole rings is 1. The van der Waals surface area contributed by atoms with Gasteiger partial charge in [-0.15, -0.1) is 0 Å². The number of anilines is 1. The van der Waals surface area contributed by atoms with Gasteiger partial charge in [0.25, 0.3) is 11.3 Å². The summed E-state index contributed by atoms with van der Waals surface area (Å²) in [6.07, 6.45) is 3.38. The molecule has 0 amide bonds. The average Bonchev–Trinajstić information content (AvgIpc) is 2.80. The fourth-order valence-corrected chi connectivity index (χ4v) is 2.94. The molecule has 1 fully saturated rings. The van der Waals surface area contributed by atoms with Crippen molar-refractivity contribution in [3.05, 3.63) is 23.8 Å². The number of piperidine rings is 1. The SMILES string of the molecule is Cc1ccc2nc(NS(=O)ON3CCCCC3)[nH]c2c1. The van der Waals surface area contributed by atoms with Crippen molar-refractivity contribution in [1.82, 2.24) is 15.0 Å². The number of hydroxylamine groups is 2. The largest absolute Gasteiger partial charge is 0.323 e. The number of nitrogens with zero attached hydrogens (tertiary/aromatic N) is 2. The molecule has 7 heteroatoms. The van der Waals surface area contributed by atoms with Gasteiger partial charge in [-0.1, -0.05) is 12.5 Å². The fourth-order valence-electron chi connectivity index (χ4n) is 2.30.